The van der Waals surface area contributed by atoms with Crippen molar-refractivity contribution in [2.75, 3.05) is 5.32 Å². The second-order valence-electron chi connectivity index (χ2n) is 3.80. The number of hydrogen-bond acceptors (Lipinski definition) is 3. The summed E-state index contributed by atoms with van der Waals surface area (Å²) in [5.74, 6) is 0.242. The maximum absolute atomic E-state index is 11.7. The molecule has 0 aliphatic carbocycles. The van der Waals surface area contributed by atoms with Crippen LogP contribution < -0.4 is 5.32 Å². The molecular weight excluding hydrogens is 276 g/mol. The van der Waals surface area contributed by atoms with Crippen LogP contribution in [0.15, 0.2) is 0 Å². The van der Waals surface area contributed by atoms with Crippen LogP contribution in [0.4, 0.5) is 5.13 Å². The Morgan fingerprint density at radius 2 is 2.07 bits per heavy atom. The van der Waals surface area contributed by atoms with E-state index < -0.39 is 0 Å². The molecule has 1 N–H and O–H groups in total. The summed E-state index contributed by atoms with van der Waals surface area (Å²) < 4.78 is 0. The number of carbonyl (C=O) groups is 1. The minimum atomic E-state index is -0.165. The molecule has 0 radical (unpaired) electrons. The molecule has 5 heteroatoms. The molecule has 15 heavy (non-hydrogen) atoms. The number of alkyl halides is 1. The van der Waals surface area contributed by atoms with Gasteiger partial charge in [-0.1, -0.05) is 29.8 Å². The van der Waals surface area contributed by atoms with Gasteiger partial charge in [0.05, 0.1) is 10.5 Å². The van der Waals surface area contributed by atoms with Gasteiger partial charge in [0.25, 0.3) is 0 Å². The molecule has 0 aliphatic heterocycles. The molecule has 1 unspecified atom stereocenters. The van der Waals surface area contributed by atoms with E-state index >= 15 is 0 Å². The summed E-state index contributed by atoms with van der Waals surface area (Å²) in [6.45, 7) is 7.93. The number of hydrogen-bond donors (Lipinski definition) is 1. The second-order valence-corrected chi connectivity index (χ2v) is 5.99. The third-order valence-electron chi connectivity index (χ3n) is 2.09. The van der Waals surface area contributed by atoms with Gasteiger partial charge in [-0.25, -0.2) is 4.98 Å². The molecule has 0 saturated heterocycles. The zero-order chi connectivity index (χ0) is 11.6. The third kappa shape index (κ3) is 3.28. The molecular formula is C10H15BrN2OS. The summed E-state index contributed by atoms with van der Waals surface area (Å²) in [4.78, 5) is 16.9. The van der Waals surface area contributed by atoms with Crippen molar-refractivity contribution in [3.63, 3.8) is 0 Å². The van der Waals surface area contributed by atoms with Crippen LogP contribution in [0.3, 0.4) is 0 Å². The highest BCUT2D eigenvalue weighted by atomic mass is 79.9. The molecule has 0 aromatic carbocycles. The Labute approximate surface area is 102 Å². The maximum atomic E-state index is 11.7. The van der Waals surface area contributed by atoms with Crippen LogP contribution in [0, 0.1) is 19.8 Å². The van der Waals surface area contributed by atoms with Crippen molar-refractivity contribution in [2.45, 2.75) is 32.5 Å². The molecule has 1 heterocycles. The lowest BCUT2D eigenvalue weighted by atomic mass is 10.1. The van der Waals surface area contributed by atoms with Crippen LogP contribution in [-0.4, -0.2) is 15.7 Å². The first-order valence-electron chi connectivity index (χ1n) is 4.80. The number of aromatic nitrogens is 1. The second kappa shape index (κ2) is 5.07. The SMILES string of the molecule is Cc1nc(NC(=O)C(Br)C(C)C)sc1C. The summed E-state index contributed by atoms with van der Waals surface area (Å²) >= 11 is 4.86. The lowest BCUT2D eigenvalue weighted by Crippen LogP contribution is -2.26. The minimum absolute atomic E-state index is 0.0289. The normalized spacial score (nSPS) is 12.9. The van der Waals surface area contributed by atoms with Crippen molar-refractivity contribution >= 4 is 38.3 Å². The molecule has 84 valence electrons. The summed E-state index contributed by atoms with van der Waals surface area (Å²) in [5.41, 5.74) is 0.978. The van der Waals surface area contributed by atoms with Gasteiger partial charge in [-0.15, -0.1) is 11.3 Å². The van der Waals surface area contributed by atoms with Gasteiger partial charge in [0.2, 0.25) is 5.91 Å². The average molecular weight is 291 g/mol. The average Bonchev–Trinajstić information content (AvgIpc) is 2.44. The lowest BCUT2D eigenvalue weighted by Gasteiger charge is -2.11. The van der Waals surface area contributed by atoms with E-state index in [1.165, 1.54) is 11.3 Å². The Bertz CT molecular complexity index is 343. The number of thiazole rings is 1. The van der Waals surface area contributed by atoms with E-state index in [0.717, 1.165) is 10.6 Å². The number of nitrogens with one attached hydrogen (secondary N) is 1. The predicted octanol–water partition coefficient (Wildman–Crippen LogP) is 3.12. The predicted molar refractivity (Wildman–Crippen MR) is 67.8 cm³/mol. The van der Waals surface area contributed by atoms with Crippen LogP contribution in [0.2, 0.25) is 0 Å². The summed E-state index contributed by atoms with van der Waals surface area (Å²) in [5, 5.41) is 3.49. The third-order valence-corrected chi connectivity index (χ3v) is 4.56. The van der Waals surface area contributed by atoms with Crippen LogP contribution in [-0.2, 0) is 4.79 Å². The highest BCUT2D eigenvalue weighted by molar-refractivity contribution is 9.10. The summed E-state index contributed by atoms with van der Waals surface area (Å²) in [6, 6.07) is 0. The van der Waals surface area contributed by atoms with Crippen LogP contribution in [0.1, 0.15) is 24.4 Å². The van der Waals surface area contributed by atoms with Gasteiger partial charge in [-0.2, -0.15) is 0 Å². The van der Waals surface area contributed by atoms with Gasteiger partial charge < -0.3 is 5.32 Å². The fourth-order valence-corrected chi connectivity index (χ4v) is 1.94. The van der Waals surface area contributed by atoms with Crippen molar-refractivity contribution in [3.8, 4) is 0 Å². The van der Waals surface area contributed by atoms with E-state index in [2.05, 4.69) is 26.2 Å². The molecule has 0 spiro atoms. The monoisotopic (exact) mass is 290 g/mol. The number of carbonyl (C=O) groups excluding carboxylic acids is 1. The molecule has 1 rings (SSSR count). The van der Waals surface area contributed by atoms with E-state index in [4.69, 9.17) is 0 Å². The van der Waals surface area contributed by atoms with Crippen molar-refractivity contribution in [2.24, 2.45) is 5.92 Å². The first-order chi connectivity index (χ1) is 6.91. The Morgan fingerprint density at radius 3 is 2.47 bits per heavy atom. The zero-order valence-corrected chi connectivity index (χ0v) is 11.7. The lowest BCUT2D eigenvalue weighted by molar-refractivity contribution is -0.116. The van der Waals surface area contributed by atoms with Gasteiger partial charge in [-0.3, -0.25) is 4.79 Å². The van der Waals surface area contributed by atoms with Crippen LogP contribution in [0.25, 0.3) is 0 Å². The molecule has 1 aromatic rings. The van der Waals surface area contributed by atoms with E-state index in [1.807, 2.05) is 27.7 Å². The number of nitrogens with zero attached hydrogens (tertiary/aromatic N) is 1. The number of anilines is 1. The minimum Gasteiger partial charge on any atom is -0.301 e. The molecule has 0 fully saturated rings. The largest absolute Gasteiger partial charge is 0.301 e. The van der Waals surface area contributed by atoms with Crippen LogP contribution in [0.5, 0.6) is 0 Å². The molecule has 1 atom stereocenters. The Balaban J connectivity index is 2.66. The van der Waals surface area contributed by atoms with Gasteiger partial charge in [0, 0.05) is 4.88 Å². The maximum Gasteiger partial charge on any atom is 0.240 e. The fraction of sp³-hybridized carbons (Fsp3) is 0.600. The number of rotatable bonds is 3. The Kier molecular flexibility index (Phi) is 4.28. The van der Waals surface area contributed by atoms with Crippen molar-refractivity contribution < 1.29 is 4.79 Å². The van der Waals surface area contributed by atoms with E-state index in [0.29, 0.717) is 5.13 Å². The first kappa shape index (κ1) is 12.6. The molecule has 0 bridgehead atoms. The van der Waals surface area contributed by atoms with E-state index in [-0.39, 0.29) is 16.7 Å². The number of halogens is 1. The van der Waals surface area contributed by atoms with E-state index in [1.54, 1.807) is 0 Å². The molecule has 1 amide bonds. The highest BCUT2D eigenvalue weighted by Gasteiger charge is 2.19. The number of amides is 1. The van der Waals surface area contributed by atoms with Crippen molar-refractivity contribution in [3.05, 3.63) is 10.6 Å². The van der Waals surface area contributed by atoms with Crippen molar-refractivity contribution in [1.82, 2.24) is 4.98 Å². The quantitative estimate of drug-likeness (QED) is 0.869. The molecule has 3 nitrogen and oxygen atoms in total. The molecule has 0 saturated carbocycles. The number of aryl methyl sites for hydroxylation is 2. The summed E-state index contributed by atoms with van der Waals surface area (Å²) in [7, 11) is 0. The summed E-state index contributed by atoms with van der Waals surface area (Å²) in [6.07, 6.45) is 0. The van der Waals surface area contributed by atoms with E-state index in [9.17, 15) is 4.79 Å². The zero-order valence-electron chi connectivity index (χ0n) is 9.30. The Morgan fingerprint density at radius 1 is 1.47 bits per heavy atom. The Hall–Kier alpha value is -0.420. The topological polar surface area (TPSA) is 42.0 Å². The molecule has 0 aliphatic rings. The standard InChI is InChI=1S/C10H15BrN2OS/c1-5(2)8(11)9(14)13-10-12-6(3)7(4)15-10/h5,8H,1-4H3,(H,12,13,14). The van der Waals surface area contributed by atoms with Gasteiger partial charge in [0.1, 0.15) is 0 Å². The van der Waals surface area contributed by atoms with Gasteiger partial charge in [-0.05, 0) is 19.8 Å². The smallest absolute Gasteiger partial charge is 0.240 e. The van der Waals surface area contributed by atoms with Gasteiger partial charge in [0.15, 0.2) is 5.13 Å². The van der Waals surface area contributed by atoms with Crippen LogP contribution >= 0.6 is 27.3 Å². The molecule has 1 aromatic heterocycles. The fourth-order valence-electron chi connectivity index (χ4n) is 1.00. The van der Waals surface area contributed by atoms with Gasteiger partial charge >= 0.3 is 0 Å². The first-order valence-corrected chi connectivity index (χ1v) is 6.54. The van der Waals surface area contributed by atoms with Crippen molar-refractivity contribution in [1.29, 1.82) is 0 Å². The highest BCUT2D eigenvalue weighted by Crippen LogP contribution is 2.22.